The van der Waals surface area contributed by atoms with Gasteiger partial charge in [0.25, 0.3) is 0 Å². The first kappa shape index (κ1) is 12.3. The summed E-state index contributed by atoms with van der Waals surface area (Å²) in [5, 5.41) is 3.48. The SMILES string of the molecule is Fc1ccc(Cl)cc1NCc1cncc(Br)c1. The van der Waals surface area contributed by atoms with Gasteiger partial charge in [0.15, 0.2) is 0 Å². The molecule has 2 nitrogen and oxygen atoms in total. The lowest BCUT2D eigenvalue weighted by Crippen LogP contribution is -2.01. The lowest BCUT2D eigenvalue weighted by molar-refractivity contribution is 0.630. The van der Waals surface area contributed by atoms with Crippen molar-refractivity contribution >= 4 is 33.2 Å². The second-order valence-electron chi connectivity index (χ2n) is 3.49. The molecule has 17 heavy (non-hydrogen) atoms. The molecule has 0 bridgehead atoms. The molecule has 1 aromatic carbocycles. The fourth-order valence-electron chi connectivity index (χ4n) is 1.38. The van der Waals surface area contributed by atoms with Crippen LogP contribution in [-0.4, -0.2) is 4.98 Å². The Morgan fingerprint density at radius 1 is 1.29 bits per heavy atom. The van der Waals surface area contributed by atoms with E-state index in [4.69, 9.17) is 11.6 Å². The molecule has 0 atom stereocenters. The minimum absolute atomic E-state index is 0.322. The summed E-state index contributed by atoms with van der Waals surface area (Å²) in [6.45, 7) is 0.490. The fourth-order valence-corrected chi connectivity index (χ4v) is 1.97. The predicted octanol–water partition coefficient (Wildman–Crippen LogP) is 4.25. The van der Waals surface area contributed by atoms with E-state index in [0.717, 1.165) is 10.0 Å². The highest BCUT2D eigenvalue weighted by molar-refractivity contribution is 9.10. The van der Waals surface area contributed by atoms with Crippen LogP contribution in [0.2, 0.25) is 5.02 Å². The minimum Gasteiger partial charge on any atom is -0.378 e. The van der Waals surface area contributed by atoms with Gasteiger partial charge in [-0.15, -0.1) is 0 Å². The average Bonchev–Trinajstić information content (AvgIpc) is 2.30. The molecule has 1 heterocycles. The molecule has 2 aromatic rings. The van der Waals surface area contributed by atoms with Crippen LogP contribution in [0.5, 0.6) is 0 Å². The van der Waals surface area contributed by atoms with E-state index < -0.39 is 0 Å². The maximum absolute atomic E-state index is 13.4. The largest absolute Gasteiger partial charge is 0.378 e. The van der Waals surface area contributed by atoms with Crippen molar-refractivity contribution in [2.75, 3.05) is 5.32 Å². The Hall–Kier alpha value is -1.13. The summed E-state index contributed by atoms with van der Waals surface area (Å²) in [6.07, 6.45) is 3.42. The number of anilines is 1. The third-order valence-electron chi connectivity index (χ3n) is 2.17. The maximum atomic E-state index is 13.4. The van der Waals surface area contributed by atoms with Crippen molar-refractivity contribution in [3.63, 3.8) is 0 Å². The molecule has 0 radical (unpaired) electrons. The summed E-state index contributed by atoms with van der Waals surface area (Å²) < 4.78 is 14.3. The topological polar surface area (TPSA) is 24.9 Å². The number of halogens is 3. The van der Waals surface area contributed by atoms with Crippen LogP contribution >= 0.6 is 27.5 Å². The molecule has 0 amide bonds. The summed E-state index contributed by atoms with van der Waals surface area (Å²) in [4.78, 5) is 4.03. The Bertz CT molecular complexity index is 534. The van der Waals surface area contributed by atoms with Crippen molar-refractivity contribution in [3.8, 4) is 0 Å². The summed E-state index contributed by atoms with van der Waals surface area (Å²) in [5.74, 6) is -0.322. The number of hydrogen-bond acceptors (Lipinski definition) is 2. The van der Waals surface area contributed by atoms with Crippen LogP contribution in [-0.2, 0) is 6.54 Å². The lowest BCUT2D eigenvalue weighted by atomic mass is 10.2. The zero-order valence-corrected chi connectivity index (χ0v) is 11.1. The zero-order valence-electron chi connectivity index (χ0n) is 8.75. The van der Waals surface area contributed by atoms with E-state index in [1.165, 1.54) is 12.1 Å². The van der Waals surface area contributed by atoms with E-state index in [0.29, 0.717) is 17.3 Å². The van der Waals surface area contributed by atoms with Crippen molar-refractivity contribution in [3.05, 3.63) is 57.5 Å². The van der Waals surface area contributed by atoms with Gasteiger partial charge in [0.2, 0.25) is 0 Å². The van der Waals surface area contributed by atoms with Crippen molar-refractivity contribution in [2.45, 2.75) is 6.54 Å². The smallest absolute Gasteiger partial charge is 0.146 e. The number of aromatic nitrogens is 1. The van der Waals surface area contributed by atoms with Crippen LogP contribution < -0.4 is 5.32 Å². The number of rotatable bonds is 3. The van der Waals surface area contributed by atoms with Crippen molar-refractivity contribution in [1.29, 1.82) is 0 Å². The van der Waals surface area contributed by atoms with Gasteiger partial charge in [-0.3, -0.25) is 4.98 Å². The number of pyridine rings is 1. The van der Waals surface area contributed by atoms with Gasteiger partial charge in [-0.25, -0.2) is 4.39 Å². The van der Waals surface area contributed by atoms with E-state index in [9.17, 15) is 4.39 Å². The Balaban J connectivity index is 2.09. The molecule has 0 spiro atoms. The van der Waals surface area contributed by atoms with Crippen LogP contribution in [0.4, 0.5) is 10.1 Å². The number of hydrogen-bond donors (Lipinski definition) is 1. The van der Waals surface area contributed by atoms with Gasteiger partial charge in [0, 0.05) is 28.4 Å². The molecule has 0 aliphatic rings. The van der Waals surface area contributed by atoms with Crippen molar-refractivity contribution < 1.29 is 4.39 Å². The van der Waals surface area contributed by atoms with Gasteiger partial charge in [0.1, 0.15) is 5.82 Å². The summed E-state index contributed by atoms with van der Waals surface area (Å²) in [6, 6.07) is 6.33. The normalized spacial score (nSPS) is 10.3. The van der Waals surface area contributed by atoms with Crippen LogP contribution in [0.15, 0.2) is 41.1 Å². The molecule has 88 valence electrons. The number of nitrogens with zero attached hydrogens (tertiary/aromatic N) is 1. The van der Waals surface area contributed by atoms with Gasteiger partial charge >= 0.3 is 0 Å². The molecule has 2 rings (SSSR count). The molecular weight excluding hydrogens is 307 g/mol. The third-order valence-corrected chi connectivity index (χ3v) is 2.84. The van der Waals surface area contributed by atoms with Crippen LogP contribution in [0.25, 0.3) is 0 Å². The molecule has 0 aliphatic heterocycles. The van der Waals surface area contributed by atoms with E-state index in [1.54, 1.807) is 18.5 Å². The quantitative estimate of drug-likeness (QED) is 0.916. The monoisotopic (exact) mass is 314 g/mol. The Morgan fingerprint density at radius 2 is 2.12 bits per heavy atom. The number of nitrogens with one attached hydrogen (secondary N) is 1. The molecule has 0 aliphatic carbocycles. The molecule has 1 N–H and O–H groups in total. The van der Waals surface area contributed by atoms with Gasteiger partial charge in [0.05, 0.1) is 5.69 Å². The Labute approximate surface area is 112 Å². The first-order valence-electron chi connectivity index (χ1n) is 4.93. The standard InChI is InChI=1S/C12H9BrClFN2/c13-9-3-8(5-16-7-9)6-17-12-4-10(14)1-2-11(12)15/h1-5,7,17H,6H2. The van der Waals surface area contributed by atoms with Gasteiger partial charge in [-0.2, -0.15) is 0 Å². The summed E-state index contributed by atoms with van der Waals surface area (Å²) in [5.41, 5.74) is 1.34. The zero-order chi connectivity index (χ0) is 12.3. The highest BCUT2D eigenvalue weighted by Gasteiger charge is 2.02. The van der Waals surface area contributed by atoms with Crippen molar-refractivity contribution in [2.24, 2.45) is 0 Å². The minimum atomic E-state index is -0.322. The van der Waals surface area contributed by atoms with E-state index >= 15 is 0 Å². The van der Waals surface area contributed by atoms with Crippen LogP contribution in [0, 0.1) is 5.82 Å². The number of benzene rings is 1. The molecule has 5 heteroatoms. The second-order valence-corrected chi connectivity index (χ2v) is 4.84. The highest BCUT2D eigenvalue weighted by atomic mass is 79.9. The lowest BCUT2D eigenvalue weighted by Gasteiger charge is -2.08. The van der Waals surface area contributed by atoms with E-state index in [2.05, 4.69) is 26.2 Å². The summed E-state index contributed by atoms with van der Waals surface area (Å²) in [7, 11) is 0. The van der Waals surface area contributed by atoms with Crippen LogP contribution in [0.1, 0.15) is 5.56 Å². The molecule has 0 fully saturated rings. The molecule has 1 aromatic heterocycles. The van der Waals surface area contributed by atoms with Gasteiger partial charge < -0.3 is 5.32 Å². The third kappa shape index (κ3) is 3.41. The molecule has 0 saturated heterocycles. The predicted molar refractivity (Wildman–Crippen MR) is 70.7 cm³/mol. The van der Waals surface area contributed by atoms with Crippen molar-refractivity contribution in [1.82, 2.24) is 4.98 Å². The fraction of sp³-hybridized carbons (Fsp3) is 0.0833. The second kappa shape index (κ2) is 5.47. The van der Waals surface area contributed by atoms with Gasteiger partial charge in [-0.05, 0) is 45.8 Å². The Morgan fingerprint density at radius 3 is 2.88 bits per heavy atom. The molecule has 0 unspecified atom stereocenters. The van der Waals surface area contributed by atoms with E-state index in [1.807, 2.05) is 6.07 Å². The maximum Gasteiger partial charge on any atom is 0.146 e. The highest BCUT2D eigenvalue weighted by Crippen LogP contribution is 2.20. The molecular formula is C12H9BrClFN2. The first-order chi connectivity index (χ1) is 8.15. The first-order valence-corrected chi connectivity index (χ1v) is 6.10. The van der Waals surface area contributed by atoms with E-state index in [-0.39, 0.29) is 5.82 Å². The Kier molecular flexibility index (Phi) is 3.97. The van der Waals surface area contributed by atoms with Gasteiger partial charge in [-0.1, -0.05) is 11.6 Å². The molecule has 0 saturated carbocycles. The summed E-state index contributed by atoms with van der Waals surface area (Å²) >= 11 is 9.13. The average molecular weight is 316 g/mol. The van der Waals surface area contributed by atoms with Crippen LogP contribution in [0.3, 0.4) is 0 Å².